The van der Waals surface area contributed by atoms with Gasteiger partial charge >= 0.3 is 0 Å². The first-order valence-electron chi connectivity index (χ1n) is 6.33. The third-order valence-electron chi connectivity index (χ3n) is 3.05. The summed E-state index contributed by atoms with van der Waals surface area (Å²) in [6.07, 6.45) is 8.73. The summed E-state index contributed by atoms with van der Waals surface area (Å²) in [5.74, 6) is -0.448. The molecule has 0 atom stereocenters. The van der Waals surface area contributed by atoms with E-state index in [4.69, 9.17) is 9.47 Å². The molecule has 0 amide bonds. The highest BCUT2D eigenvalue weighted by Crippen LogP contribution is 2.18. The van der Waals surface area contributed by atoms with Gasteiger partial charge in [-0.05, 0) is 47.0 Å². The Labute approximate surface area is 107 Å². The molecule has 0 aliphatic heterocycles. The van der Waals surface area contributed by atoms with Crippen LogP contribution in [0.25, 0.3) is 0 Å². The Kier molecular flexibility index (Phi) is 8.19. The predicted molar refractivity (Wildman–Crippen MR) is 74.1 cm³/mol. The third kappa shape index (κ3) is 8.17. The summed E-state index contributed by atoms with van der Waals surface area (Å²) >= 11 is 0. The van der Waals surface area contributed by atoms with Gasteiger partial charge < -0.3 is 9.47 Å². The van der Waals surface area contributed by atoms with Crippen molar-refractivity contribution in [3.8, 4) is 0 Å². The summed E-state index contributed by atoms with van der Waals surface area (Å²) in [6.45, 7) is 8.44. The first-order chi connectivity index (χ1) is 7.93. The lowest BCUT2D eigenvalue weighted by atomic mass is 10.1. The average Bonchev–Trinajstić information content (AvgIpc) is 2.28. The van der Waals surface area contributed by atoms with Crippen molar-refractivity contribution in [2.75, 3.05) is 14.2 Å². The standard InChI is InChI=1S/C15H28O2/c1-13(2)9-7-10-14(3)11-8-12-15(4,16-5)17-6/h9,11H,7-8,10,12H2,1-6H3/b14-11+. The van der Waals surface area contributed by atoms with E-state index in [9.17, 15) is 0 Å². The predicted octanol–water partition coefficient (Wildman–Crippen LogP) is 4.47. The summed E-state index contributed by atoms with van der Waals surface area (Å²) in [7, 11) is 3.38. The zero-order valence-corrected chi connectivity index (χ0v) is 12.3. The molecule has 0 radical (unpaired) electrons. The topological polar surface area (TPSA) is 18.5 Å². The molecule has 2 heteroatoms. The number of ether oxygens (including phenoxy) is 2. The molecule has 0 spiro atoms. The zero-order valence-electron chi connectivity index (χ0n) is 12.3. The molecule has 0 aliphatic carbocycles. The van der Waals surface area contributed by atoms with Crippen molar-refractivity contribution in [1.29, 1.82) is 0 Å². The van der Waals surface area contributed by atoms with Gasteiger partial charge in [-0.3, -0.25) is 0 Å². The third-order valence-corrected chi connectivity index (χ3v) is 3.05. The Bertz CT molecular complexity index is 256. The summed E-state index contributed by atoms with van der Waals surface area (Å²) in [5, 5.41) is 0. The molecular formula is C15H28O2. The minimum atomic E-state index is -0.448. The normalized spacial score (nSPS) is 12.7. The Balaban J connectivity index is 3.95. The first-order valence-corrected chi connectivity index (χ1v) is 6.33. The van der Waals surface area contributed by atoms with Crippen molar-refractivity contribution < 1.29 is 9.47 Å². The van der Waals surface area contributed by atoms with Crippen LogP contribution in [0.1, 0.15) is 53.4 Å². The zero-order chi connectivity index (χ0) is 13.3. The number of hydrogen-bond acceptors (Lipinski definition) is 2. The minimum Gasteiger partial charge on any atom is -0.353 e. The molecule has 0 unspecified atom stereocenters. The van der Waals surface area contributed by atoms with Crippen LogP contribution >= 0.6 is 0 Å². The van der Waals surface area contributed by atoms with Crippen molar-refractivity contribution in [2.45, 2.75) is 59.2 Å². The molecule has 100 valence electrons. The van der Waals surface area contributed by atoms with E-state index in [0.717, 1.165) is 25.7 Å². The molecule has 2 nitrogen and oxygen atoms in total. The van der Waals surface area contributed by atoms with Gasteiger partial charge in [0.1, 0.15) is 0 Å². The summed E-state index contributed by atoms with van der Waals surface area (Å²) in [5.41, 5.74) is 2.83. The first kappa shape index (κ1) is 16.4. The second kappa shape index (κ2) is 8.48. The van der Waals surface area contributed by atoms with Crippen LogP contribution in [0.5, 0.6) is 0 Å². The highest BCUT2D eigenvalue weighted by Gasteiger charge is 2.20. The average molecular weight is 240 g/mol. The monoisotopic (exact) mass is 240 g/mol. The molecule has 0 aromatic carbocycles. The van der Waals surface area contributed by atoms with Crippen LogP contribution in [0.15, 0.2) is 23.3 Å². The maximum absolute atomic E-state index is 5.32. The van der Waals surface area contributed by atoms with Gasteiger partial charge in [-0.25, -0.2) is 0 Å². The van der Waals surface area contributed by atoms with E-state index < -0.39 is 5.79 Å². The molecule has 0 N–H and O–H groups in total. The maximum Gasteiger partial charge on any atom is 0.165 e. The van der Waals surface area contributed by atoms with Crippen LogP contribution in [-0.2, 0) is 9.47 Å². The Morgan fingerprint density at radius 3 is 2.06 bits per heavy atom. The Morgan fingerprint density at radius 2 is 1.59 bits per heavy atom. The van der Waals surface area contributed by atoms with Gasteiger partial charge in [-0.2, -0.15) is 0 Å². The molecule has 0 heterocycles. The van der Waals surface area contributed by atoms with Crippen molar-refractivity contribution in [3.63, 3.8) is 0 Å². The molecule has 0 rings (SSSR count). The highest BCUT2D eigenvalue weighted by atomic mass is 16.7. The quantitative estimate of drug-likeness (QED) is 0.460. The number of hydrogen-bond donors (Lipinski definition) is 0. The van der Waals surface area contributed by atoms with E-state index in [2.05, 4.69) is 32.9 Å². The van der Waals surface area contributed by atoms with Crippen LogP contribution < -0.4 is 0 Å². The lowest BCUT2D eigenvalue weighted by molar-refractivity contribution is -0.196. The van der Waals surface area contributed by atoms with Gasteiger partial charge in [0.15, 0.2) is 5.79 Å². The van der Waals surface area contributed by atoms with E-state index in [1.54, 1.807) is 14.2 Å². The lowest BCUT2D eigenvalue weighted by Crippen LogP contribution is -2.29. The molecule has 17 heavy (non-hydrogen) atoms. The number of rotatable bonds is 8. The smallest absolute Gasteiger partial charge is 0.165 e. The molecule has 0 fully saturated rings. The lowest BCUT2D eigenvalue weighted by Gasteiger charge is -2.25. The largest absolute Gasteiger partial charge is 0.353 e. The fourth-order valence-electron chi connectivity index (χ4n) is 1.56. The van der Waals surface area contributed by atoms with Gasteiger partial charge in [0.2, 0.25) is 0 Å². The molecule has 0 bridgehead atoms. The van der Waals surface area contributed by atoms with Gasteiger partial charge in [-0.15, -0.1) is 0 Å². The minimum absolute atomic E-state index is 0.448. The van der Waals surface area contributed by atoms with Crippen LogP contribution in [-0.4, -0.2) is 20.0 Å². The summed E-state index contributed by atoms with van der Waals surface area (Å²) in [4.78, 5) is 0. The number of methoxy groups -OCH3 is 2. The van der Waals surface area contributed by atoms with Crippen LogP contribution in [0.2, 0.25) is 0 Å². The van der Waals surface area contributed by atoms with E-state index in [0.29, 0.717) is 0 Å². The Hall–Kier alpha value is -0.600. The highest BCUT2D eigenvalue weighted by molar-refractivity contribution is 5.02. The SMILES string of the molecule is COC(C)(CC/C=C(\C)CCC=C(C)C)OC. The van der Waals surface area contributed by atoms with Crippen molar-refractivity contribution in [2.24, 2.45) is 0 Å². The second-order valence-corrected chi connectivity index (χ2v) is 4.95. The van der Waals surface area contributed by atoms with Crippen LogP contribution in [0.4, 0.5) is 0 Å². The van der Waals surface area contributed by atoms with Crippen LogP contribution in [0, 0.1) is 0 Å². The van der Waals surface area contributed by atoms with Gasteiger partial charge in [0.25, 0.3) is 0 Å². The van der Waals surface area contributed by atoms with E-state index in [1.807, 2.05) is 6.92 Å². The van der Waals surface area contributed by atoms with Crippen LogP contribution in [0.3, 0.4) is 0 Å². The molecule has 0 aromatic rings. The Morgan fingerprint density at radius 1 is 1.00 bits per heavy atom. The molecule has 0 aliphatic rings. The van der Waals surface area contributed by atoms with Gasteiger partial charge in [0.05, 0.1) is 0 Å². The molecular weight excluding hydrogens is 212 g/mol. The van der Waals surface area contributed by atoms with E-state index in [-0.39, 0.29) is 0 Å². The summed E-state index contributed by atoms with van der Waals surface area (Å²) in [6, 6.07) is 0. The summed E-state index contributed by atoms with van der Waals surface area (Å²) < 4.78 is 10.6. The van der Waals surface area contributed by atoms with Crippen molar-refractivity contribution >= 4 is 0 Å². The van der Waals surface area contributed by atoms with E-state index >= 15 is 0 Å². The van der Waals surface area contributed by atoms with E-state index in [1.165, 1.54) is 11.1 Å². The number of allylic oxidation sites excluding steroid dienone is 4. The molecule has 0 aromatic heterocycles. The van der Waals surface area contributed by atoms with Crippen molar-refractivity contribution in [3.05, 3.63) is 23.3 Å². The van der Waals surface area contributed by atoms with Crippen molar-refractivity contribution in [1.82, 2.24) is 0 Å². The molecule has 0 saturated heterocycles. The maximum atomic E-state index is 5.32. The van der Waals surface area contributed by atoms with Gasteiger partial charge in [-0.1, -0.05) is 23.3 Å². The fraction of sp³-hybridized carbons (Fsp3) is 0.733. The van der Waals surface area contributed by atoms with Gasteiger partial charge in [0, 0.05) is 20.6 Å². The fourth-order valence-corrected chi connectivity index (χ4v) is 1.56. The molecule has 0 saturated carbocycles. The second-order valence-electron chi connectivity index (χ2n) is 4.95.